The minimum Gasteiger partial charge on any atom is -0.483 e. The first-order valence-electron chi connectivity index (χ1n) is 11.1. The van der Waals surface area contributed by atoms with Crippen molar-refractivity contribution in [3.63, 3.8) is 0 Å². The molecule has 2 N–H and O–H groups in total. The fourth-order valence-corrected chi connectivity index (χ4v) is 4.39. The second kappa shape index (κ2) is 11.5. The molecule has 0 saturated heterocycles. The fraction of sp³-hybridized carbons (Fsp3) is 0.231. The number of para-hydroxylation sites is 1. The van der Waals surface area contributed by atoms with Gasteiger partial charge in [0.25, 0.3) is 21.8 Å². The molecule has 0 aliphatic rings. The standard InChI is InChI=1S/C26H29N3O5S/c1-4-23(22-12-8-9-13-24(22)34-18-25(30)29(2)3)27-26(31)19-14-16-20(17-15-19)28-35(32,33)21-10-6-5-7-11-21/h5-17,23,28H,4,18H2,1-3H3,(H,27,31). The number of carbonyl (C=O) groups is 2. The average Bonchev–Trinajstić information content (AvgIpc) is 2.86. The van der Waals surface area contributed by atoms with Crippen LogP contribution in [0.4, 0.5) is 5.69 Å². The van der Waals surface area contributed by atoms with Gasteiger partial charge in [-0.2, -0.15) is 0 Å². The van der Waals surface area contributed by atoms with E-state index in [-0.39, 0.29) is 29.4 Å². The van der Waals surface area contributed by atoms with Crippen LogP contribution in [0, 0.1) is 0 Å². The van der Waals surface area contributed by atoms with Gasteiger partial charge in [0.05, 0.1) is 10.9 Å². The maximum Gasteiger partial charge on any atom is 0.261 e. The Balaban J connectivity index is 1.70. The molecule has 1 atom stereocenters. The predicted molar refractivity (Wildman–Crippen MR) is 135 cm³/mol. The molecule has 3 aromatic rings. The number of ether oxygens (including phenoxy) is 1. The molecule has 0 heterocycles. The Morgan fingerprint density at radius 2 is 1.54 bits per heavy atom. The molecule has 0 saturated carbocycles. The summed E-state index contributed by atoms with van der Waals surface area (Å²) < 4.78 is 33.2. The molecule has 0 bridgehead atoms. The molecule has 0 aliphatic carbocycles. The van der Waals surface area contributed by atoms with E-state index in [1.807, 2.05) is 25.1 Å². The second-order valence-corrected chi connectivity index (χ2v) is 9.73. The van der Waals surface area contributed by atoms with Crippen molar-refractivity contribution < 1.29 is 22.7 Å². The van der Waals surface area contributed by atoms with Crippen molar-refractivity contribution in [1.82, 2.24) is 10.2 Å². The molecule has 35 heavy (non-hydrogen) atoms. The molecule has 1 unspecified atom stereocenters. The first-order chi connectivity index (χ1) is 16.7. The van der Waals surface area contributed by atoms with Gasteiger partial charge in [-0.15, -0.1) is 0 Å². The molecule has 3 rings (SSSR count). The van der Waals surface area contributed by atoms with E-state index in [9.17, 15) is 18.0 Å². The van der Waals surface area contributed by atoms with Crippen LogP contribution in [-0.4, -0.2) is 45.8 Å². The minimum atomic E-state index is -3.72. The number of nitrogens with one attached hydrogen (secondary N) is 2. The highest BCUT2D eigenvalue weighted by molar-refractivity contribution is 7.92. The summed E-state index contributed by atoms with van der Waals surface area (Å²) in [5.41, 5.74) is 1.50. The Hall–Kier alpha value is -3.85. The van der Waals surface area contributed by atoms with Gasteiger partial charge in [-0.1, -0.05) is 43.3 Å². The molecule has 2 amide bonds. The van der Waals surface area contributed by atoms with Gasteiger partial charge in [-0.05, 0) is 48.9 Å². The smallest absolute Gasteiger partial charge is 0.261 e. The van der Waals surface area contributed by atoms with E-state index < -0.39 is 10.0 Å². The van der Waals surface area contributed by atoms with E-state index in [2.05, 4.69) is 10.0 Å². The topological polar surface area (TPSA) is 105 Å². The van der Waals surface area contributed by atoms with Gasteiger partial charge in [0.15, 0.2) is 6.61 Å². The molecule has 0 radical (unpaired) electrons. The number of likely N-dealkylation sites (N-methyl/N-ethyl adjacent to an activating group) is 1. The van der Waals surface area contributed by atoms with E-state index in [4.69, 9.17) is 4.74 Å². The molecular formula is C26H29N3O5S. The molecule has 3 aromatic carbocycles. The largest absolute Gasteiger partial charge is 0.483 e. The van der Waals surface area contributed by atoms with Gasteiger partial charge >= 0.3 is 0 Å². The molecule has 184 valence electrons. The number of carbonyl (C=O) groups excluding carboxylic acids is 2. The van der Waals surface area contributed by atoms with E-state index in [1.165, 1.54) is 17.0 Å². The third kappa shape index (κ3) is 6.83. The van der Waals surface area contributed by atoms with E-state index in [0.29, 0.717) is 23.4 Å². The lowest BCUT2D eigenvalue weighted by molar-refractivity contribution is -0.130. The maximum absolute atomic E-state index is 12.9. The van der Waals surface area contributed by atoms with Crippen molar-refractivity contribution in [2.45, 2.75) is 24.3 Å². The molecule has 0 aliphatic heterocycles. The van der Waals surface area contributed by atoms with E-state index >= 15 is 0 Å². The third-order valence-corrected chi connectivity index (χ3v) is 6.71. The van der Waals surface area contributed by atoms with Crippen molar-refractivity contribution in [2.24, 2.45) is 0 Å². The van der Waals surface area contributed by atoms with Crippen molar-refractivity contribution in [1.29, 1.82) is 0 Å². The fourth-order valence-electron chi connectivity index (χ4n) is 3.31. The summed E-state index contributed by atoms with van der Waals surface area (Å²) in [6.45, 7) is 1.84. The van der Waals surface area contributed by atoms with Crippen LogP contribution < -0.4 is 14.8 Å². The first kappa shape index (κ1) is 25.8. The van der Waals surface area contributed by atoms with E-state index in [0.717, 1.165) is 5.56 Å². The first-order valence-corrected chi connectivity index (χ1v) is 12.6. The van der Waals surface area contributed by atoms with Crippen LogP contribution in [0.1, 0.15) is 35.3 Å². The molecule has 0 spiro atoms. The lowest BCUT2D eigenvalue weighted by Gasteiger charge is -2.21. The van der Waals surface area contributed by atoms with Crippen molar-refractivity contribution in [3.05, 3.63) is 90.0 Å². The molecule has 9 heteroatoms. The van der Waals surface area contributed by atoms with Crippen LogP contribution >= 0.6 is 0 Å². The number of rotatable bonds is 10. The quantitative estimate of drug-likeness (QED) is 0.445. The Morgan fingerprint density at radius 1 is 0.914 bits per heavy atom. The van der Waals surface area contributed by atoms with Crippen LogP contribution in [0.3, 0.4) is 0 Å². The minimum absolute atomic E-state index is 0.102. The van der Waals surface area contributed by atoms with Crippen LogP contribution in [0.5, 0.6) is 5.75 Å². The Kier molecular flexibility index (Phi) is 8.48. The number of anilines is 1. The normalized spacial score (nSPS) is 11.9. The molecule has 8 nitrogen and oxygen atoms in total. The molecule has 0 aromatic heterocycles. The van der Waals surface area contributed by atoms with Crippen molar-refractivity contribution in [2.75, 3.05) is 25.4 Å². The average molecular weight is 496 g/mol. The summed E-state index contributed by atoms with van der Waals surface area (Å²) in [4.78, 5) is 26.4. The number of hydrogen-bond acceptors (Lipinski definition) is 5. The highest BCUT2D eigenvalue weighted by atomic mass is 32.2. The van der Waals surface area contributed by atoms with Gasteiger partial charge in [0, 0.05) is 30.9 Å². The van der Waals surface area contributed by atoms with Gasteiger partial charge in [-0.3, -0.25) is 14.3 Å². The SMILES string of the molecule is CCC(NC(=O)c1ccc(NS(=O)(=O)c2ccccc2)cc1)c1ccccc1OCC(=O)N(C)C. The van der Waals surface area contributed by atoms with Crippen LogP contribution in [0.15, 0.2) is 83.8 Å². The zero-order valence-electron chi connectivity index (χ0n) is 19.9. The van der Waals surface area contributed by atoms with Crippen LogP contribution in [0.2, 0.25) is 0 Å². The monoisotopic (exact) mass is 495 g/mol. The Morgan fingerprint density at radius 3 is 2.17 bits per heavy atom. The summed E-state index contributed by atoms with van der Waals surface area (Å²) in [7, 11) is -0.404. The lowest BCUT2D eigenvalue weighted by Crippen LogP contribution is -2.30. The van der Waals surface area contributed by atoms with Crippen LogP contribution in [-0.2, 0) is 14.8 Å². The number of benzene rings is 3. The van der Waals surface area contributed by atoms with Crippen LogP contribution in [0.25, 0.3) is 0 Å². The van der Waals surface area contributed by atoms with Gasteiger partial charge in [0.2, 0.25) is 0 Å². The highest BCUT2D eigenvalue weighted by Crippen LogP contribution is 2.28. The van der Waals surface area contributed by atoms with Gasteiger partial charge in [0.1, 0.15) is 5.75 Å². The summed E-state index contributed by atoms with van der Waals surface area (Å²) in [5.74, 6) is 0.0499. The third-order valence-electron chi connectivity index (χ3n) is 5.31. The highest BCUT2D eigenvalue weighted by Gasteiger charge is 2.19. The number of amides is 2. The Bertz CT molecular complexity index is 1260. The van der Waals surface area contributed by atoms with Gasteiger partial charge in [-0.25, -0.2) is 8.42 Å². The Labute approximate surface area is 206 Å². The summed E-state index contributed by atoms with van der Waals surface area (Å²) in [5, 5.41) is 2.99. The number of sulfonamides is 1. The predicted octanol–water partition coefficient (Wildman–Crippen LogP) is 3.84. The zero-order chi connectivity index (χ0) is 25.4. The summed E-state index contributed by atoms with van der Waals surface area (Å²) in [6, 6.07) is 21.2. The lowest BCUT2D eigenvalue weighted by atomic mass is 10.0. The van der Waals surface area contributed by atoms with Crippen molar-refractivity contribution in [3.8, 4) is 5.75 Å². The summed E-state index contributed by atoms with van der Waals surface area (Å²) in [6.07, 6.45) is 0.600. The maximum atomic E-state index is 12.9. The van der Waals surface area contributed by atoms with Crippen molar-refractivity contribution >= 4 is 27.5 Å². The summed E-state index contributed by atoms with van der Waals surface area (Å²) >= 11 is 0. The number of hydrogen-bond donors (Lipinski definition) is 2. The number of nitrogens with zero attached hydrogens (tertiary/aromatic N) is 1. The second-order valence-electron chi connectivity index (χ2n) is 8.04. The zero-order valence-corrected chi connectivity index (χ0v) is 20.7. The molecule has 0 fully saturated rings. The molecular weight excluding hydrogens is 466 g/mol. The van der Waals surface area contributed by atoms with Gasteiger partial charge < -0.3 is 15.0 Å². The van der Waals surface area contributed by atoms with E-state index in [1.54, 1.807) is 62.6 Å².